The molecule has 1 aliphatic carbocycles. The Morgan fingerprint density at radius 3 is 2.70 bits per heavy atom. The summed E-state index contributed by atoms with van der Waals surface area (Å²) in [5.74, 6) is 0.730. The van der Waals surface area contributed by atoms with E-state index in [0.717, 1.165) is 36.8 Å². The number of carbonyl (C=O) groups excluding carboxylic acids is 1. The minimum Gasteiger partial charge on any atom is -0.489 e. The molecule has 1 saturated carbocycles. The van der Waals surface area contributed by atoms with Crippen molar-refractivity contribution in [3.63, 3.8) is 0 Å². The molecule has 2 fully saturated rings. The van der Waals surface area contributed by atoms with E-state index in [1.54, 1.807) is 12.1 Å². The zero-order valence-corrected chi connectivity index (χ0v) is 19.4. The van der Waals surface area contributed by atoms with Gasteiger partial charge >= 0.3 is 0 Å². The van der Waals surface area contributed by atoms with Gasteiger partial charge in [0, 0.05) is 21.7 Å². The molecule has 2 aromatic carbocycles. The quantitative estimate of drug-likeness (QED) is 0.339. The number of rotatable bonds is 5. The van der Waals surface area contributed by atoms with Crippen LogP contribution in [0.1, 0.15) is 43.2 Å². The van der Waals surface area contributed by atoms with Crippen LogP contribution in [0.5, 0.6) is 5.75 Å². The van der Waals surface area contributed by atoms with Crippen LogP contribution in [0.3, 0.4) is 0 Å². The topological polar surface area (TPSA) is 29.5 Å². The fourth-order valence-electron chi connectivity index (χ4n) is 3.78. The zero-order chi connectivity index (χ0) is 21.1. The highest BCUT2D eigenvalue weighted by Gasteiger charge is 2.37. The first kappa shape index (κ1) is 21.7. The predicted molar refractivity (Wildman–Crippen MR) is 129 cm³/mol. The second-order valence-corrected chi connectivity index (χ2v) is 9.96. The molecular formula is C23H21Cl2NO2S2. The fourth-order valence-corrected chi connectivity index (χ4v) is 5.64. The van der Waals surface area contributed by atoms with Crippen LogP contribution in [0.15, 0.2) is 47.4 Å². The Morgan fingerprint density at radius 2 is 1.93 bits per heavy atom. The molecule has 3 nitrogen and oxygen atoms in total. The monoisotopic (exact) mass is 477 g/mol. The first-order valence-corrected chi connectivity index (χ1v) is 11.9. The predicted octanol–water partition coefficient (Wildman–Crippen LogP) is 7.11. The second-order valence-electron chi connectivity index (χ2n) is 7.44. The first-order chi connectivity index (χ1) is 14.5. The minimum absolute atomic E-state index is 0.0242. The van der Waals surface area contributed by atoms with Gasteiger partial charge in [0.15, 0.2) is 0 Å². The molecular weight excluding hydrogens is 457 g/mol. The SMILES string of the molecule is O=C1/C(=C/c2cccc(OCc3ccc(Cl)cc3Cl)c2)SC(=S)N1C1CCCCC1. The summed E-state index contributed by atoms with van der Waals surface area (Å²) in [5.41, 5.74) is 1.76. The number of hydrogen-bond donors (Lipinski definition) is 0. The molecule has 0 aromatic heterocycles. The highest BCUT2D eigenvalue weighted by Crippen LogP contribution is 2.37. The van der Waals surface area contributed by atoms with Crippen molar-refractivity contribution in [1.82, 2.24) is 4.90 Å². The molecule has 30 heavy (non-hydrogen) atoms. The number of nitrogens with zero attached hydrogens (tertiary/aromatic N) is 1. The van der Waals surface area contributed by atoms with Crippen LogP contribution < -0.4 is 4.74 Å². The largest absolute Gasteiger partial charge is 0.489 e. The lowest BCUT2D eigenvalue weighted by molar-refractivity contribution is -0.124. The van der Waals surface area contributed by atoms with E-state index in [0.29, 0.717) is 31.6 Å². The van der Waals surface area contributed by atoms with E-state index >= 15 is 0 Å². The Morgan fingerprint density at radius 1 is 1.13 bits per heavy atom. The van der Waals surface area contributed by atoms with E-state index in [1.165, 1.54) is 18.2 Å². The second kappa shape index (κ2) is 9.73. The number of ether oxygens (including phenoxy) is 1. The molecule has 1 heterocycles. The van der Waals surface area contributed by atoms with Gasteiger partial charge in [-0.05, 0) is 48.7 Å². The summed E-state index contributed by atoms with van der Waals surface area (Å²) < 4.78 is 6.57. The van der Waals surface area contributed by atoms with E-state index in [9.17, 15) is 4.79 Å². The number of carbonyl (C=O) groups is 1. The van der Waals surface area contributed by atoms with Crippen LogP contribution in [0.25, 0.3) is 6.08 Å². The molecule has 156 valence electrons. The summed E-state index contributed by atoms with van der Waals surface area (Å²) in [5, 5.41) is 1.17. The third-order valence-corrected chi connectivity index (χ3v) is 7.25. The Kier molecular flexibility index (Phi) is 7.04. The third kappa shape index (κ3) is 5.02. The van der Waals surface area contributed by atoms with Crippen LogP contribution in [0, 0.1) is 0 Å². The number of thioether (sulfide) groups is 1. The lowest BCUT2D eigenvalue weighted by Crippen LogP contribution is -2.39. The van der Waals surface area contributed by atoms with E-state index in [1.807, 2.05) is 41.3 Å². The molecule has 4 rings (SSSR count). The van der Waals surface area contributed by atoms with Gasteiger partial charge in [0.1, 0.15) is 16.7 Å². The first-order valence-electron chi connectivity index (χ1n) is 9.95. The van der Waals surface area contributed by atoms with Crippen molar-refractivity contribution < 1.29 is 9.53 Å². The van der Waals surface area contributed by atoms with E-state index in [-0.39, 0.29) is 11.9 Å². The number of thiocarbonyl (C=S) groups is 1. The van der Waals surface area contributed by atoms with Gasteiger partial charge in [0.2, 0.25) is 0 Å². The average molecular weight is 478 g/mol. The van der Waals surface area contributed by atoms with Crippen LogP contribution in [0.2, 0.25) is 10.0 Å². The molecule has 0 N–H and O–H groups in total. The van der Waals surface area contributed by atoms with Crippen molar-refractivity contribution >= 4 is 63.5 Å². The molecule has 0 bridgehead atoms. The molecule has 1 saturated heterocycles. The van der Waals surface area contributed by atoms with Gasteiger partial charge in [-0.2, -0.15) is 0 Å². The lowest BCUT2D eigenvalue weighted by atomic mass is 9.94. The van der Waals surface area contributed by atoms with Crippen LogP contribution >= 0.6 is 47.2 Å². The van der Waals surface area contributed by atoms with Gasteiger partial charge < -0.3 is 4.74 Å². The van der Waals surface area contributed by atoms with E-state index < -0.39 is 0 Å². The summed E-state index contributed by atoms with van der Waals surface area (Å²) in [6.07, 6.45) is 7.54. The van der Waals surface area contributed by atoms with Gasteiger partial charge in [-0.25, -0.2) is 0 Å². The van der Waals surface area contributed by atoms with Gasteiger partial charge in [-0.15, -0.1) is 0 Å². The number of amides is 1. The Balaban J connectivity index is 1.46. The molecule has 2 aliphatic rings. The summed E-state index contributed by atoms with van der Waals surface area (Å²) in [7, 11) is 0. The van der Waals surface area contributed by atoms with Gasteiger partial charge in [0.25, 0.3) is 5.91 Å². The molecule has 1 aliphatic heterocycles. The van der Waals surface area contributed by atoms with Crippen molar-refractivity contribution in [3.05, 3.63) is 68.5 Å². The van der Waals surface area contributed by atoms with Crippen LogP contribution in [0.4, 0.5) is 0 Å². The van der Waals surface area contributed by atoms with Gasteiger partial charge in [-0.3, -0.25) is 9.69 Å². The summed E-state index contributed by atoms with van der Waals surface area (Å²) in [6, 6.07) is 13.2. The molecule has 0 spiro atoms. The van der Waals surface area contributed by atoms with Crippen molar-refractivity contribution in [3.8, 4) is 5.75 Å². The molecule has 1 amide bonds. The number of halogens is 2. The highest BCUT2D eigenvalue weighted by molar-refractivity contribution is 8.26. The number of benzene rings is 2. The maximum Gasteiger partial charge on any atom is 0.266 e. The summed E-state index contributed by atoms with van der Waals surface area (Å²) in [6.45, 7) is 0.337. The third-order valence-electron chi connectivity index (χ3n) is 5.33. The normalized spacial score (nSPS) is 19.0. The van der Waals surface area contributed by atoms with Crippen molar-refractivity contribution in [2.75, 3.05) is 0 Å². The summed E-state index contributed by atoms with van der Waals surface area (Å²) >= 11 is 19.1. The van der Waals surface area contributed by atoms with Crippen LogP contribution in [-0.4, -0.2) is 21.2 Å². The van der Waals surface area contributed by atoms with Crippen LogP contribution in [-0.2, 0) is 11.4 Å². The van der Waals surface area contributed by atoms with E-state index in [4.69, 9.17) is 40.2 Å². The molecule has 0 atom stereocenters. The summed E-state index contributed by atoms with van der Waals surface area (Å²) in [4.78, 5) is 15.5. The Bertz CT molecular complexity index is 1000. The molecule has 0 unspecified atom stereocenters. The van der Waals surface area contributed by atoms with Gasteiger partial charge in [-0.1, -0.05) is 84.6 Å². The lowest BCUT2D eigenvalue weighted by Gasteiger charge is -2.29. The maximum atomic E-state index is 13.0. The van der Waals surface area contributed by atoms with Crippen molar-refractivity contribution in [2.45, 2.75) is 44.8 Å². The maximum absolute atomic E-state index is 13.0. The highest BCUT2D eigenvalue weighted by atomic mass is 35.5. The van der Waals surface area contributed by atoms with Gasteiger partial charge in [0.05, 0.1) is 4.91 Å². The van der Waals surface area contributed by atoms with Crippen molar-refractivity contribution in [2.24, 2.45) is 0 Å². The molecule has 0 radical (unpaired) electrons. The Labute approximate surface area is 196 Å². The smallest absolute Gasteiger partial charge is 0.266 e. The minimum atomic E-state index is 0.0242. The molecule has 2 aromatic rings. The Hall–Kier alpha value is -1.53. The fraction of sp³-hybridized carbons (Fsp3) is 0.304. The van der Waals surface area contributed by atoms with E-state index in [2.05, 4.69) is 0 Å². The number of hydrogen-bond acceptors (Lipinski definition) is 4. The average Bonchev–Trinajstić information content (AvgIpc) is 3.01. The zero-order valence-electron chi connectivity index (χ0n) is 16.3. The molecule has 7 heteroatoms. The van der Waals surface area contributed by atoms with Crippen molar-refractivity contribution in [1.29, 1.82) is 0 Å². The standard InChI is InChI=1S/C23H21Cl2NO2S2/c24-17-10-9-16(20(25)13-17)14-28-19-8-4-5-15(11-19)12-21-22(27)26(23(29)30-21)18-6-2-1-3-7-18/h4-5,8-13,18H,1-3,6-7,14H2/b21-12-.